The minimum Gasteiger partial charge on any atom is -0.385 e. The summed E-state index contributed by atoms with van der Waals surface area (Å²) in [6, 6.07) is 15.5. The number of aromatic amines is 1. The third-order valence-electron chi connectivity index (χ3n) is 4.81. The first-order valence-electron chi connectivity index (χ1n) is 9.37. The number of aryl methyl sites for hydroxylation is 1. The van der Waals surface area contributed by atoms with Gasteiger partial charge in [0.05, 0.1) is 0 Å². The van der Waals surface area contributed by atoms with Gasteiger partial charge in [-0.3, -0.25) is 9.78 Å². The predicted octanol–water partition coefficient (Wildman–Crippen LogP) is 5.57. The number of carbonyl (C=O) groups excluding carboxylic acids is 1. The highest BCUT2D eigenvalue weighted by molar-refractivity contribution is 6.16. The summed E-state index contributed by atoms with van der Waals surface area (Å²) >= 11 is 0. The molecule has 0 saturated heterocycles. The van der Waals surface area contributed by atoms with Gasteiger partial charge < -0.3 is 10.7 Å². The van der Waals surface area contributed by atoms with Crippen LogP contribution in [0.1, 0.15) is 35.8 Å². The van der Waals surface area contributed by atoms with Crippen molar-refractivity contribution in [3.8, 4) is 0 Å². The van der Waals surface area contributed by atoms with Gasteiger partial charge >= 0.3 is 5.91 Å². The standard InChI is InChI=1S/C22H21N5O/c1-2-3-6-14-9-12-18(24-13-14)22(28)27-26-21-17-11-10-15-7-4-5-8-16(15)19(17)20(23)25-21/h4-5,7-13,25H,2-3,6,23H2,1H3. The first kappa shape index (κ1) is 17.9. The highest BCUT2D eigenvalue weighted by Gasteiger charge is 2.12. The van der Waals surface area contributed by atoms with Crippen LogP contribution in [0.2, 0.25) is 0 Å². The van der Waals surface area contributed by atoms with E-state index < -0.39 is 5.91 Å². The molecule has 0 aliphatic rings. The lowest BCUT2D eigenvalue weighted by molar-refractivity contribution is 0.0990. The highest BCUT2D eigenvalue weighted by atomic mass is 16.1. The molecule has 28 heavy (non-hydrogen) atoms. The molecule has 0 aliphatic carbocycles. The normalized spacial score (nSPS) is 11.6. The first-order chi connectivity index (χ1) is 13.7. The summed E-state index contributed by atoms with van der Waals surface area (Å²) in [6.07, 6.45) is 4.91. The van der Waals surface area contributed by atoms with Crippen LogP contribution in [0.25, 0.3) is 21.5 Å². The zero-order chi connectivity index (χ0) is 19.5. The monoisotopic (exact) mass is 371 g/mol. The van der Waals surface area contributed by atoms with Crippen LogP contribution in [0.3, 0.4) is 0 Å². The summed E-state index contributed by atoms with van der Waals surface area (Å²) in [5, 5.41) is 11.8. The second kappa shape index (κ2) is 7.60. The van der Waals surface area contributed by atoms with Crippen LogP contribution in [-0.2, 0) is 6.42 Å². The number of nitrogens with one attached hydrogen (secondary N) is 1. The lowest BCUT2D eigenvalue weighted by Gasteiger charge is -2.00. The fourth-order valence-corrected chi connectivity index (χ4v) is 3.32. The number of carbonyl (C=O) groups is 1. The number of nitrogens with zero attached hydrogens (tertiary/aromatic N) is 3. The summed E-state index contributed by atoms with van der Waals surface area (Å²) in [4.78, 5) is 19.6. The zero-order valence-electron chi connectivity index (χ0n) is 15.6. The Labute approximate surface area is 162 Å². The van der Waals surface area contributed by atoms with Crippen molar-refractivity contribution < 1.29 is 4.79 Å². The summed E-state index contributed by atoms with van der Waals surface area (Å²) in [6.45, 7) is 2.14. The second-order valence-electron chi connectivity index (χ2n) is 6.76. The minimum atomic E-state index is -0.482. The largest absolute Gasteiger partial charge is 0.385 e. The molecule has 2 aromatic carbocycles. The predicted molar refractivity (Wildman–Crippen MR) is 112 cm³/mol. The van der Waals surface area contributed by atoms with Gasteiger partial charge in [-0.15, -0.1) is 10.2 Å². The Morgan fingerprint density at radius 3 is 2.75 bits per heavy atom. The van der Waals surface area contributed by atoms with Gasteiger partial charge in [-0.1, -0.05) is 49.7 Å². The molecule has 0 bridgehead atoms. The number of nitrogen functional groups attached to an aromatic ring is 1. The van der Waals surface area contributed by atoms with Gasteiger partial charge in [-0.05, 0) is 41.3 Å². The number of amides is 1. The molecule has 0 radical (unpaired) electrons. The van der Waals surface area contributed by atoms with E-state index in [1.54, 1.807) is 12.3 Å². The van der Waals surface area contributed by atoms with Crippen LogP contribution in [0.5, 0.6) is 0 Å². The number of H-pyrrole nitrogens is 1. The van der Waals surface area contributed by atoms with E-state index in [-0.39, 0.29) is 5.69 Å². The van der Waals surface area contributed by atoms with Gasteiger partial charge in [0.25, 0.3) is 0 Å². The molecule has 2 aromatic heterocycles. The summed E-state index contributed by atoms with van der Waals surface area (Å²) < 4.78 is 0. The number of unbranched alkanes of at least 4 members (excludes halogenated alkanes) is 1. The SMILES string of the molecule is CCCCc1ccc(C(=O)N=Nc2[nH]c(N)c3c2ccc2ccccc23)nc1. The van der Waals surface area contributed by atoms with Crippen molar-refractivity contribution in [3.63, 3.8) is 0 Å². The number of hydrogen-bond donors (Lipinski definition) is 2. The van der Waals surface area contributed by atoms with Crippen LogP contribution in [0.15, 0.2) is 65.0 Å². The van der Waals surface area contributed by atoms with Crippen LogP contribution in [0, 0.1) is 0 Å². The number of aromatic nitrogens is 2. The number of nitrogens with two attached hydrogens (primary N) is 1. The number of rotatable bonds is 5. The van der Waals surface area contributed by atoms with E-state index in [9.17, 15) is 4.79 Å². The van der Waals surface area contributed by atoms with Crippen molar-refractivity contribution in [2.45, 2.75) is 26.2 Å². The number of benzene rings is 2. The van der Waals surface area contributed by atoms with Crippen molar-refractivity contribution in [2.75, 3.05) is 5.73 Å². The molecule has 4 rings (SSSR count). The first-order valence-corrected chi connectivity index (χ1v) is 9.37. The van der Waals surface area contributed by atoms with E-state index in [0.29, 0.717) is 11.6 Å². The Morgan fingerprint density at radius 2 is 1.96 bits per heavy atom. The molecule has 0 unspecified atom stereocenters. The summed E-state index contributed by atoms with van der Waals surface area (Å²) in [7, 11) is 0. The van der Waals surface area contributed by atoms with Gasteiger partial charge in [0, 0.05) is 17.0 Å². The molecule has 2 heterocycles. The zero-order valence-corrected chi connectivity index (χ0v) is 15.6. The van der Waals surface area contributed by atoms with Gasteiger partial charge in [0.15, 0.2) is 5.82 Å². The summed E-state index contributed by atoms with van der Waals surface area (Å²) in [5.41, 5.74) is 7.55. The van der Waals surface area contributed by atoms with Crippen LogP contribution in [0.4, 0.5) is 11.6 Å². The highest BCUT2D eigenvalue weighted by Crippen LogP contribution is 2.36. The molecule has 4 aromatic rings. The quantitative estimate of drug-likeness (QED) is 0.449. The lowest BCUT2D eigenvalue weighted by atomic mass is 10.0. The number of fused-ring (bicyclic) bond motifs is 3. The number of hydrogen-bond acceptors (Lipinski definition) is 4. The number of azo groups is 1. The van der Waals surface area contributed by atoms with E-state index >= 15 is 0 Å². The lowest BCUT2D eigenvalue weighted by Crippen LogP contribution is -1.98. The number of anilines is 1. The average molecular weight is 371 g/mol. The molecule has 3 N–H and O–H groups in total. The van der Waals surface area contributed by atoms with E-state index in [0.717, 1.165) is 46.4 Å². The molecule has 0 aliphatic heterocycles. The maximum atomic E-state index is 12.3. The Morgan fingerprint density at radius 1 is 1.11 bits per heavy atom. The van der Waals surface area contributed by atoms with Crippen LogP contribution >= 0.6 is 0 Å². The van der Waals surface area contributed by atoms with Crippen molar-refractivity contribution in [3.05, 3.63) is 66.0 Å². The maximum Gasteiger partial charge on any atom is 0.313 e. The number of pyridine rings is 1. The van der Waals surface area contributed by atoms with Crippen molar-refractivity contribution in [2.24, 2.45) is 10.2 Å². The Balaban J connectivity index is 1.61. The van der Waals surface area contributed by atoms with Crippen molar-refractivity contribution in [1.29, 1.82) is 0 Å². The fourth-order valence-electron chi connectivity index (χ4n) is 3.32. The van der Waals surface area contributed by atoms with E-state index in [4.69, 9.17) is 5.73 Å². The van der Waals surface area contributed by atoms with Gasteiger partial charge in [0.1, 0.15) is 11.5 Å². The smallest absolute Gasteiger partial charge is 0.313 e. The van der Waals surface area contributed by atoms with Gasteiger partial charge in [-0.2, -0.15) is 0 Å². The van der Waals surface area contributed by atoms with Crippen molar-refractivity contribution >= 4 is 39.1 Å². The summed E-state index contributed by atoms with van der Waals surface area (Å²) in [5.74, 6) is 0.488. The second-order valence-corrected chi connectivity index (χ2v) is 6.76. The van der Waals surface area contributed by atoms with Gasteiger partial charge in [0.2, 0.25) is 0 Å². The molecular formula is C22H21N5O. The van der Waals surface area contributed by atoms with Crippen molar-refractivity contribution in [1.82, 2.24) is 9.97 Å². The average Bonchev–Trinajstić information content (AvgIpc) is 3.07. The molecule has 0 spiro atoms. The minimum absolute atomic E-state index is 0.276. The third kappa shape index (κ3) is 3.36. The Bertz CT molecular complexity index is 1170. The van der Waals surface area contributed by atoms with Crippen LogP contribution in [-0.4, -0.2) is 15.9 Å². The Hall–Kier alpha value is -3.54. The molecule has 1 amide bonds. The van der Waals surface area contributed by atoms with Gasteiger partial charge in [-0.25, -0.2) is 0 Å². The van der Waals surface area contributed by atoms with E-state index in [2.05, 4.69) is 27.1 Å². The van der Waals surface area contributed by atoms with Crippen LogP contribution < -0.4 is 5.73 Å². The molecule has 0 fully saturated rings. The molecule has 140 valence electrons. The topological polar surface area (TPSA) is 96.5 Å². The molecule has 0 saturated carbocycles. The third-order valence-corrected chi connectivity index (χ3v) is 4.81. The molecular weight excluding hydrogens is 350 g/mol. The molecule has 0 atom stereocenters. The van der Waals surface area contributed by atoms with E-state index in [1.165, 1.54) is 0 Å². The molecule has 6 heteroatoms. The maximum absolute atomic E-state index is 12.3. The fraction of sp³-hybridized carbons (Fsp3) is 0.182. The molecule has 6 nitrogen and oxygen atoms in total. The Kier molecular flexibility index (Phi) is 4.85. The van der Waals surface area contributed by atoms with E-state index in [1.807, 2.05) is 42.5 Å².